The van der Waals surface area contributed by atoms with Gasteiger partial charge in [0, 0.05) is 12.8 Å². The van der Waals surface area contributed by atoms with Crippen molar-refractivity contribution in [2.45, 2.75) is 300 Å². The molecule has 2 aliphatic rings. The van der Waals surface area contributed by atoms with Crippen molar-refractivity contribution in [3.05, 3.63) is 12.2 Å². The molecule has 2 rings (SSSR count). The molecule has 0 bridgehead atoms. The lowest BCUT2D eigenvalue weighted by molar-refractivity contribution is -0.332. The van der Waals surface area contributed by atoms with E-state index in [-0.39, 0.29) is 26.1 Å². The molecule has 11 atom stereocenters. The van der Waals surface area contributed by atoms with E-state index < -0.39 is 92.7 Å². The van der Waals surface area contributed by atoms with Crippen LogP contribution in [-0.4, -0.2) is 142 Å². The van der Waals surface area contributed by atoms with Gasteiger partial charge in [-0.3, -0.25) is 9.59 Å². The zero-order valence-electron chi connectivity index (χ0n) is 43.8. The van der Waals surface area contributed by atoms with Gasteiger partial charge in [-0.25, -0.2) is 0 Å². The van der Waals surface area contributed by atoms with Gasteiger partial charge in [0.15, 0.2) is 18.7 Å². The Balaban J connectivity index is 1.73. The normalized spacial score (nSPS) is 25.4. The van der Waals surface area contributed by atoms with Gasteiger partial charge in [-0.1, -0.05) is 193 Å². The van der Waals surface area contributed by atoms with Gasteiger partial charge in [0.05, 0.1) is 19.8 Å². The number of esters is 2. The highest BCUT2D eigenvalue weighted by Crippen LogP contribution is 2.27. The van der Waals surface area contributed by atoms with Gasteiger partial charge in [0.25, 0.3) is 0 Å². The summed E-state index contributed by atoms with van der Waals surface area (Å²) in [5.41, 5.74) is 0. The fourth-order valence-electron chi connectivity index (χ4n) is 9.10. The Morgan fingerprint density at radius 1 is 0.443 bits per heavy atom. The van der Waals surface area contributed by atoms with E-state index in [1.165, 1.54) is 135 Å². The molecular formula is C55H102O15. The van der Waals surface area contributed by atoms with Gasteiger partial charge < -0.3 is 64.2 Å². The van der Waals surface area contributed by atoms with Crippen LogP contribution in [0.1, 0.15) is 232 Å². The molecule has 0 aliphatic carbocycles. The van der Waals surface area contributed by atoms with E-state index in [0.29, 0.717) is 12.8 Å². The topological polar surface area (TPSA) is 231 Å². The minimum Gasteiger partial charge on any atom is -0.462 e. The number of carbonyl (C=O) groups is 2. The van der Waals surface area contributed by atoms with Gasteiger partial charge in [-0.15, -0.1) is 0 Å². The monoisotopic (exact) mass is 1000 g/mol. The Morgan fingerprint density at radius 3 is 1.29 bits per heavy atom. The molecule has 4 unspecified atom stereocenters. The third-order valence-corrected chi connectivity index (χ3v) is 13.7. The van der Waals surface area contributed by atoms with Crippen LogP contribution in [0.25, 0.3) is 0 Å². The number of hydrogen-bond acceptors (Lipinski definition) is 15. The van der Waals surface area contributed by atoms with E-state index in [2.05, 4.69) is 26.0 Å². The molecule has 15 nitrogen and oxygen atoms in total. The van der Waals surface area contributed by atoms with E-state index in [1.54, 1.807) is 0 Å². The van der Waals surface area contributed by atoms with Crippen molar-refractivity contribution in [3.8, 4) is 0 Å². The lowest BCUT2D eigenvalue weighted by Crippen LogP contribution is -2.61. The van der Waals surface area contributed by atoms with Gasteiger partial charge in [-0.2, -0.15) is 0 Å². The molecule has 412 valence electrons. The van der Waals surface area contributed by atoms with Crippen LogP contribution >= 0.6 is 0 Å². The molecule has 70 heavy (non-hydrogen) atoms. The predicted octanol–water partition coefficient (Wildman–Crippen LogP) is 8.94. The van der Waals surface area contributed by atoms with Gasteiger partial charge in [-0.05, 0) is 38.5 Å². The summed E-state index contributed by atoms with van der Waals surface area (Å²) in [4.78, 5) is 25.8. The molecule has 7 N–H and O–H groups in total. The van der Waals surface area contributed by atoms with Crippen molar-refractivity contribution in [1.82, 2.24) is 0 Å². The standard InChI is InChI=1S/C55H102O15/c1-3-5-7-9-11-13-15-17-18-19-20-21-22-23-24-25-26-28-30-32-34-36-38-47(58)68-43(40-65-46(57)37-35-33-31-29-27-16-14-12-10-8-6-4-2)41-66-54-53(64)51(62)49(60)45(70-54)42-67-55-52(63)50(61)48(59)44(39-56)69-55/h12,14,43-45,48-56,59-64H,3-11,13,15-42H2,1-2H3/b14-12+/t43-,44+,45+,48-,49-,50?,51?,52?,53?,54+,55+/m1/s1. The average molecular weight is 1000 g/mol. The molecule has 0 aromatic rings. The second-order valence-corrected chi connectivity index (χ2v) is 20.1. The average Bonchev–Trinajstić information content (AvgIpc) is 3.35. The first-order valence-corrected chi connectivity index (χ1v) is 28.3. The SMILES string of the molecule is CCCCC/C=C/CCCCCCCC(=O)OC[C@H](CO[C@H]1O[C@@H](CO[C@H]2O[C@@H](CO)[C@@H](O)C(O)C2O)[C@@H](O)C(O)C1O)OC(=O)CCCCCCCCCCCCCCCCCCCCCCCC. The molecule has 2 saturated heterocycles. The lowest BCUT2D eigenvalue weighted by Gasteiger charge is -2.42. The molecule has 0 spiro atoms. The Kier molecular flexibility index (Phi) is 39.1. The molecule has 2 heterocycles. The van der Waals surface area contributed by atoms with Crippen LogP contribution in [0.4, 0.5) is 0 Å². The first kappa shape index (κ1) is 64.4. The summed E-state index contributed by atoms with van der Waals surface area (Å²) in [5.74, 6) is -0.923. The van der Waals surface area contributed by atoms with E-state index in [0.717, 1.165) is 57.8 Å². The Hall–Kier alpha value is -1.76. The maximum absolute atomic E-state index is 13.0. The van der Waals surface area contributed by atoms with Crippen LogP contribution in [0.3, 0.4) is 0 Å². The molecule has 0 aromatic carbocycles. The third-order valence-electron chi connectivity index (χ3n) is 13.7. The minimum atomic E-state index is -1.76. The number of aliphatic hydroxyl groups excluding tert-OH is 7. The van der Waals surface area contributed by atoms with Crippen molar-refractivity contribution < 1.29 is 73.8 Å². The highest BCUT2D eigenvalue weighted by molar-refractivity contribution is 5.70. The summed E-state index contributed by atoms with van der Waals surface area (Å²) in [6, 6.07) is 0. The highest BCUT2D eigenvalue weighted by atomic mass is 16.7. The van der Waals surface area contributed by atoms with Gasteiger partial charge in [0.1, 0.15) is 55.4 Å². The van der Waals surface area contributed by atoms with Crippen LogP contribution in [0.15, 0.2) is 12.2 Å². The maximum atomic E-state index is 13.0. The van der Waals surface area contributed by atoms with Crippen molar-refractivity contribution in [2.75, 3.05) is 26.4 Å². The maximum Gasteiger partial charge on any atom is 0.306 e. The zero-order chi connectivity index (χ0) is 51.0. The first-order valence-electron chi connectivity index (χ1n) is 28.3. The van der Waals surface area contributed by atoms with Crippen LogP contribution < -0.4 is 0 Å². The molecule has 0 aromatic heterocycles. The summed E-state index contributed by atoms with van der Waals surface area (Å²) in [6.07, 6.45) is 26.7. The quantitative estimate of drug-likeness (QED) is 0.0172. The fraction of sp³-hybridized carbons (Fsp3) is 0.927. The molecule has 15 heteroatoms. The van der Waals surface area contributed by atoms with Crippen LogP contribution in [0.5, 0.6) is 0 Å². The molecule has 2 aliphatic heterocycles. The number of hydrogen-bond donors (Lipinski definition) is 7. The van der Waals surface area contributed by atoms with E-state index in [9.17, 15) is 45.3 Å². The van der Waals surface area contributed by atoms with E-state index >= 15 is 0 Å². The number of aliphatic hydroxyl groups is 7. The number of unbranched alkanes of at least 4 members (excludes halogenated alkanes) is 29. The minimum absolute atomic E-state index is 0.170. The first-order chi connectivity index (χ1) is 34.0. The number of ether oxygens (including phenoxy) is 6. The van der Waals surface area contributed by atoms with Crippen LogP contribution in [-0.2, 0) is 38.0 Å². The predicted molar refractivity (Wildman–Crippen MR) is 271 cm³/mol. The van der Waals surface area contributed by atoms with Gasteiger partial charge in [0.2, 0.25) is 0 Å². The fourth-order valence-corrected chi connectivity index (χ4v) is 9.10. The largest absolute Gasteiger partial charge is 0.462 e. The summed E-state index contributed by atoms with van der Waals surface area (Å²) < 4.78 is 33.6. The molecule has 0 saturated carbocycles. The number of carbonyl (C=O) groups excluding carboxylic acids is 2. The summed E-state index contributed by atoms with van der Waals surface area (Å²) in [7, 11) is 0. The Labute approximate surface area is 422 Å². The van der Waals surface area contributed by atoms with Crippen molar-refractivity contribution in [2.24, 2.45) is 0 Å². The Morgan fingerprint density at radius 2 is 0.814 bits per heavy atom. The second-order valence-electron chi connectivity index (χ2n) is 20.1. The molecule has 0 amide bonds. The van der Waals surface area contributed by atoms with Crippen molar-refractivity contribution >= 4 is 11.9 Å². The number of allylic oxidation sites excluding steroid dienone is 2. The third kappa shape index (κ3) is 29.8. The smallest absolute Gasteiger partial charge is 0.306 e. The molecule has 0 radical (unpaired) electrons. The lowest BCUT2D eigenvalue weighted by atomic mass is 9.98. The molecular weight excluding hydrogens is 901 g/mol. The summed E-state index contributed by atoms with van der Waals surface area (Å²) >= 11 is 0. The zero-order valence-corrected chi connectivity index (χ0v) is 43.8. The van der Waals surface area contributed by atoms with Crippen molar-refractivity contribution in [1.29, 1.82) is 0 Å². The summed E-state index contributed by atoms with van der Waals surface area (Å²) in [5, 5.41) is 72.2. The van der Waals surface area contributed by atoms with E-state index in [4.69, 9.17) is 28.4 Å². The highest BCUT2D eigenvalue weighted by Gasteiger charge is 2.47. The van der Waals surface area contributed by atoms with Crippen LogP contribution in [0, 0.1) is 0 Å². The molecule has 2 fully saturated rings. The number of rotatable bonds is 45. The second kappa shape index (κ2) is 42.6. The van der Waals surface area contributed by atoms with Crippen molar-refractivity contribution in [3.63, 3.8) is 0 Å². The Bertz CT molecular complexity index is 1270. The summed E-state index contributed by atoms with van der Waals surface area (Å²) in [6.45, 7) is 2.60. The van der Waals surface area contributed by atoms with Gasteiger partial charge >= 0.3 is 11.9 Å². The van der Waals surface area contributed by atoms with Crippen LogP contribution in [0.2, 0.25) is 0 Å². The van der Waals surface area contributed by atoms with E-state index in [1.807, 2.05) is 0 Å².